The van der Waals surface area contributed by atoms with E-state index in [9.17, 15) is 0 Å². The smallest absolute Gasteiger partial charge is 0.0744 e. The zero-order valence-corrected chi connectivity index (χ0v) is 10.0. The zero-order valence-electron chi connectivity index (χ0n) is 8.43. The van der Waals surface area contributed by atoms with Gasteiger partial charge in [-0.1, -0.05) is 13.0 Å². The van der Waals surface area contributed by atoms with Crippen molar-refractivity contribution in [1.82, 2.24) is 4.98 Å². The van der Waals surface area contributed by atoms with E-state index in [1.165, 1.54) is 10.4 Å². The molecule has 0 saturated carbocycles. The van der Waals surface area contributed by atoms with Crippen molar-refractivity contribution in [3.8, 4) is 0 Å². The number of aromatic nitrogens is 1. The van der Waals surface area contributed by atoms with Crippen molar-refractivity contribution in [1.29, 1.82) is 0 Å². The van der Waals surface area contributed by atoms with Crippen molar-refractivity contribution >= 4 is 22.9 Å². The molecule has 15 heavy (non-hydrogen) atoms. The minimum atomic E-state index is 0.0485. The number of nitrogens with zero attached hydrogens (tertiary/aromatic N) is 1. The van der Waals surface area contributed by atoms with Gasteiger partial charge in [-0.05, 0) is 29.1 Å². The minimum Gasteiger partial charge on any atom is -0.265 e. The molecule has 2 rings (SSSR count). The van der Waals surface area contributed by atoms with Crippen LogP contribution in [0.3, 0.4) is 0 Å². The fraction of sp³-hybridized carbons (Fsp3) is 0.250. The van der Waals surface area contributed by atoms with Gasteiger partial charge in [0.05, 0.1) is 5.38 Å². The van der Waals surface area contributed by atoms with Crippen molar-refractivity contribution < 1.29 is 0 Å². The van der Waals surface area contributed by atoms with E-state index < -0.39 is 0 Å². The summed E-state index contributed by atoms with van der Waals surface area (Å²) >= 11 is 8.13. The molecule has 0 radical (unpaired) electrons. The third-order valence-corrected chi connectivity index (χ3v) is 4.18. The summed E-state index contributed by atoms with van der Waals surface area (Å²) in [5.41, 5.74) is 1.23. The number of hydrogen-bond donors (Lipinski definition) is 0. The van der Waals surface area contributed by atoms with Gasteiger partial charge in [0.1, 0.15) is 0 Å². The molecule has 0 fully saturated rings. The van der Waals surface area contributed by atoms with Crippen molar-refractivity contribution in [2.24, 2.45) is 0 Å². The SMILES string of the molecule is CC(c1ccncc1)C(Cl)c1cccs1. The third kappa shape index (κ3) is 2.39. The molecule has 0 N–H and O–H groups in total. The fourth-order valence-corrected chi connectivity index (χ4v) is 2.71. The van der Waals surface area contributed by atoms with Gasteiger partial charge in [-0.2, -0.15) is 0 Å². The number of rotatable bonds is 3. The zero-order chi connectivity index (χ0) is 10.7. The van der Waals surface area contributed by atoms with Crippen LogP contribution in [0.25, 0.3) is 0 Å². The standard InChI is InChI=1S/C12H12ClNS/c1-9(10-4-6-14-7-5-10)12(13)11-3-2-8-15-11/h2-9,12H,1H3. The summed E-state index contributed by atoms with van der Waals surface area (Å²) in [5.74, 6) is 0.313. The molecule has 0 saturated heterocycles. The average molecular weight is 238 g/mol. The third-order valence-electron chi connectivity index (χ3n) is 2.49. The van der Waals surface area contributed by atoms with Crippen molar-refractivity contribution in [2.45, 2.75) is 18.2 Å². The second-order valence-electron chi connectivity index (χ2n) is 3.49. The lowest BCUT2D eigenvalue weighted by Gasteiger charge is -2.16. The first-order valence-corrected chi connectivity index (χ1v) is 6.18. The van der Waals surface area contributed by atoms with Gasteiger partial charge in [0.15, 0.2) is 0 Å². The monoisotopic (exact) mass is 237 g/mol. The molecule has 2 heterocycles. The molecule has 78 valence electrons. The van der Waals surface area contributed by atoms with E-state index >= 15 is 0 Å². The molecule has 0 aliphatic heterocycles. The van der Waals surface area contributed by atoms with Gasteiger partial charge in [-0.3, -0.25) is 4.98 Å². The number of alkyl halides is 1. The van der Waals surface area contributed by atoms with Crippen LogP contribution >= 0.6 is 22.9 Å². The summed E-state index contributed by atoms with van der Waals surface area (Å²) in [7, 11) is 0. The maximum atomic E-state index is 6.42. The normalized spacial score (nSPS) is 14.8. The van der Waals surface area contributed by atoms with E-state index in [1.807, 2.05) is 30.6 Å². The molecule has 0 aliphatic rings. The molecule has 2 atom stereocenters. The van der Waals surface area contributed by atoms with E-state index in [-0.39, 0.29) is 5.38 Å². The van der Waals surface area contributed by atoms with Gasteiger partial charge in [0, 0.05) is 23.2 Å². The maximum absolute atomic E-state index is 6.42. The highest BCUT2D eigenvalue weighted by atomic mass is 35.5. The summed E-state index contributed by atoms with van der Waals surface area (Å²) < 4.78 is 0. The van der Waals surface area contributed by atoms with Crippen LogP contribution in [0.5, 0.6) is 0 Å². The van der Waals surface area contributed by atoms with Crippen LogP contribution in [0, 0.1) is 0 Å². The van der Waals surface area contributed by atoms with Crippen LogP contribution in [-0.4, -0.2) is 4.98 Å². The Kier molecular flexibility index (Phi) is 3.39. The molecule has 0 bridgehead atoms. The largest absolute Gasteiger partial charge is 0.265 e. The second-order valence-corrected chi connectivity index (χ2v) is 4.94. The number of halogens is 1. The summed E-state index contributed by atoms with van der Waals surface area (Å²) in [5, 5.41) is 2.11. The van der Waals surface area contributed by atoms with Crippen molar-refractivity contribution in [3.63, 3.8) is 0 Å². The molecule has 2 aromatic heterocycles. The van der Waals surface area contributed by atoms with Gasteiger partial charge in [0.2, 0.25) is 0 Å². The average Bonchev–Trinajstić information content (AvgIpc) is 2.82. The highest BCUT2D eigenvalue weighted by Gasteiger charge is 2.18. The van der Waals surface area contributed by atoms with Crippen LogP contribution in [0.4, 0.5) is 0 Å². The number of hydrogen-bond acceptors (Lipinski definition) is 2. The molecular weight excluding hydrogens is 226 g/mol. The quantitative estimate of drug-likeness (QED) is 0.729. The maximum Gasteiger partial charge on any atom is 0.0744 e. The predicted molar refractivity (Wildman–Crippen MR) is 65.6 cm³/mol. The van der Waals surface area contributed by atoms with Gasteiger partial charge in [-0.15, -0.1) is 22.9 Å². The Hall–Kier alpha value is -0.860. The van der Waals surface area contributed by atoms with Crippen LogP contribution < -0.4 is 0 Å². The van der Waals surface area contributed by atoms with Gasteiger partial charge >= 0.3 is 0 Å². The molecule has 0 aliphatic carbocycles. The topological polar surface area (TPSA) is 12.9 Å². The fourth-order valence-electron chi connectivity index (χ4n) is 1.53. The van der Waals surface area contributed by atoms with E-state index in [2.05, 4.69) is 23.4 Å². The molecule has 2 unspecified atom stereocenters. The molecule has 0 aromatic carbocycles. The Morgan fingerprint density at radius 1 is 1.27 bits per heavy atom. The Bertz CT molecular complexity index is 399. The molecule has 1 nitrogen and oxygen atoms in total. The first kappa shape index (κ1) is 10.7. The summed E-state index contributed by atoms with van der Waals surface area (Å²) in [6, 6.07) is 8.16. The highest BCUT2D eigenvalue weighted by Crippen LogP contribution is 2.37. The lowest BCUT2D eigenvalue weighted by Crippen LogP contribution is -2.00. The van der Waals surface area contributed by atoms with Crippen LogP contribution in [-0.2, 0) is 0 Å². The highest BCUT2D eigenvalue weighted by molar-refractivity contribution is 7.10. The van der Waals surface area contributed by atoms with Crippen LogP contribution in [0.15, 0.2) is 42.0 Å². The Labute approximate surface area is 98.7 Å². The van der Waals surface area contributed by atoms with E-state index in [0.717, 1.165) is 0 Å². The van der Waals surface area contributed by atoms with E-state index in [1.54, 1.807) is 11.3 Å². The molecule has 0 spiro atoms. The first-order valence-electron chi connectivity index (χ1n) is 4.86. The van der Waals surface area contributed by atoms with E-state index in [0.29, 0.717) is 5.92 Å². The van der Waals surface area contributed by atoms with Crippen molar-refractivity contribution in [2.75, 3.05) is 0 Å². The number of thiophene rings is 1. The lowest BCUT2D eigenvalue weighted by atomic mass is 9.98. The van der Waals surface area contributed by atoms with Gasteiger partial charge in [-0.25, -0.2) is 0 Å². The predicted octanol–water partition coefficient (Wildman–Crippen LogP) is 4.23. The summed E-state index contributed by atoms with van der Waals surface area (Å²) in [6.07, 6.45) is 3.62. The molecular formula is C12H12ClNS. The van der Waals surface area contributed by atoms with Crippen LogP contribution in [0.2, 0.25) is 0 Å². The Morgan fingerprint density at radius 3 is 2.60 bits per heavy atom. The number of pyridine rings is 1. The summed E-state index contributed by atoms with van der Waals surface area (Å²) in [6.45, 7) is 2.15. The van der Waals surface area contributed by atoms with Gasteiger partial charge in [0.25, 0.3) is 0 Å². The van der Waals surface area contributed by atoms with E-state index in [4.69, 9.17) is 11.6 Å². The minimum absolute atomic E-state index is 0.0485. The second kappa shape index (κ2) is 4.77. The first-order chi connectivity index (χ1) is 7.29. The Balaban J connectivity index is 2.18. The lowest BCUT2D eigenvalue weighted by molar-refractivity contribution is 0.740. The Morgan fingerprint density at radius 2 is 2.00 bits per heavy atom. The van der Waals surface area contributed by atoms with Crippen LogP contribution in [0.1, 0.15) is 28.7 Å². The summed E-state index contributed by atoms with van der Waals surface area (Å²) in [4.78, 5) is 5.23. The molecule has 0 amide bonds. The van der Waals surface area contributed by atoms with Crippen molar-refractivity contribution in [3.05, 3.63) is 52.5 Å². The van der Waals surface area contributed by atoms with Gasteiger partial charge < -0.3 is 0 Å². The molecule has 3 heteroatoms. The molecule has 2 aromatic rings.